The molecule has 0 N–H and O–H groups in total. The fourth-order valence-corrected chi connectivity index (χ4v) is 3.21. The Kier molecular flexibility index (Phi) is 5.64. The number of benzene rings is 2. The van der Waals surface area contributed by atoms with E-state index in [1.165, 1.54) is 0 Å². The van der Waals surface area contributed by atoms with Gasteiger partial charge in [0.05, 0.1) is 13.7 Å². The molecule has 1 unspecified atom stereocenters. The number of anilines is 1. The Labute approximate surface area is 159 Å². The fraction of sp³-hybridized carbons (Fsp3) is 0.333. The van der Waals surface area contributed by atoms with E-state index < -0.39 is 6.04 Å². The number of carbonyl (C=O) groups excluding carboxylic acids is 2. The molecule has 1 heterocycles. The van der Waals surface area contributed by atoms with Gasteiger partial charge in [0.15, 0.2) is 0 Å². The normalized spacial score (nSPS) is 17.0. The first-order valence-electron chi connectivity index (χ1n) is 9.04. The van der Waals surface area contributed by atoms with Crippen LogP contribution in [0.5, 0.6) is 11.5 Å². The second-order valence-corrected chi connectivity index (χ2v) is 6.32. The summed E-state index contributed by atoms with van der Waals surface area (Å²) in [5.74, 6) is 1.17. The van der Waals surface area contributed by atoms with Crippen molar-refractivity contribution in [2.24, 2.45) is 0 Å². The molecule has 1 saturated heterocycles. The van der Waals surface area contributed by atoms with Crippen molar-refractivity contribution in [2.45, 2.75) is 19.9 Å². The lowest BCUT2D eigenvalue weighted by Gasteiger charge is -2.39. The molecule has 1 fully saturated rings. The second-order valence-electron chi connectivity index (χ2n) is 6.32. The Morgan fingerprint density at radius 3 is 2.52 bits per heavy atom. The van der Waals surface area contributed by atoms with Crippen LogP contribution < -0.4 is 14.4 Å². The maximum atomic E-state index is 12.9. The summed E-state index contributed by atoms with van der Waals surface area (Å²) in [5, 5.41) is 0. The van der Waals surface area contributed by atoms with Gasteiger partial charge in [-0.25, -0.2) is 0 Å². The standard InChI is InChI=1S/C21H24N2O4/c1-4-27-19-7-5-6-17(14-19)23-13-12-22(15(2)20(23)24)21(25)16-8-10-18(26-3)11-9-16/h5-11,14-15H,4,12-13H2,1-3H3. The first-order chi connectivity index (χ1) is 13.0. The van der Waals surface area contributed by atoms with Crippen molar-refractivity contribution < 1.29 is 19.1 Å². The van der Waals surface area contributed by atoms with Crippen LogP contribution in [0.1, 0.15) is 24.2 Å². The van der Waals surface area contributed by atoms with E-state index in [-0.39, 0.29) is 11.8 Å². The van der Waals surface area contributed by atoms with E-state index in [0.29, 0.717) is 31.0 Å². The summed E-state index contributed by atoms with van der Waals surface area (Å²) in [6, 6.07) is 13.9. The minimum Gasteiger partial charge on any atom is -0.497 e. The van der Waals surface area contributed by atoms with Gasteiger partial charge < -0.3 is 19.3 Å². The van der Waals surface area contributed by atoms with Crippen molar-refractivity contribution in [1.82, 2.24) is 4.90 Å². The van der Waals surface area contributed by atoms with Gasteiger partial charge in [0.1, 0.15) is 17.5 Å². The van der Waals surface area contributed by atoms with Gasteiger partial charge in [-0.15, -0.1) is 0 Å². The van der Waals surface area contributed by atoms with Gasteiger partial charge in [-0.1, -0.05) is 6.07 Å². The molecule has 6 heteroatoms. The van der Waals surface area contributed by atoms with Crippen molar-refractivity contribution in [1.29, 1.82) is 0 Å². The Morgan fingerprint density at radius 1 is 1.11 bits per heavy atom. The maximum Gasteiger partial charge on any atom is 0.254 e. The summed E-state index contributed by atoms with van der Waals surface area (Å²) >= 11 is 0. The predicted molar refractivity (Wildman–Crippen MR) is 103 cm³/mol. The van der Waals surface area contributed by atoms with Crippen LogP contribution in [0.25, 0.3) is 0 Å². The van der Waals surface area contributed by atoms with Crippen LogP contribution in [0.3, 0.4) is 0 Å². The van der Waals surface area contributed by atoms with Gasteiger partial charge in [0.2, 0.25) is 5.91 Å². The highest BCUT2D eigenvalue weighted by atomic mass is 16.5. The minimum absolute atomic E-state index is 0.100. The Balaban J connectivity index is 1.75. The van der Waals surface area contributed by atoms with Crippen molar-refractivity contribution >= 4 is 17.5 Å². The fourth-order valence-electron chi connectivity index (χ4n) is 3.21. The zero-order valence-electron chi connectivity index (χ0n) is 15.8. The van der Waals surface area contributed by atoms with Gasteiger partial charge >= 0.3 is 0 Å². The van der Waals surface area contributed by atoms with Crippen LogP contribution in [0.4, 0.5) is 5.69 Å². The molecule has 2 aromatic carbocycles. The van der Waals surface area contributed by atoms with Crippen LogP contribution >= 0.6 is 0 Å². The monoisotopic (exact) mass is 368 g/mol. The molecule has 0 saturated carbocycles. The number of nitrogens with zero attached hydrogens (tertiary/aromatic N) is 2. The predicted octanol–water partition coefficient (Wildman–Crippen LogP) is 2.97. The van der Waals surface area contributed by atoms with Crippen molar-refractivity contribution in [2.75, 3.05) is 31.7 Å². The summed E-state index contributed by atoms with van der Waals surface area (Å²) in [5.41, 5.74) is 1.33. The third-order valence-electron chi connectivity index (χ3n) is 4.69. The molecule has 6 nitrogen and oxygen atoms in total. The highest BCUT2D eigenvalue weighted by Gasteiger charge is 2.35. The van der Waals surface area contributed by atoms with Crippen molar-refractivity contribution in [3.63, 3.8) is 0 Å². The number of methoxy groups -OCH3 is 1. The molecule has 1 atom stereocenters. The van der Waals surface area contributed by atoms with Gasteiger partial charge in [-0.3, -0.25) is 9.59 Å². The summed E-state index contributed by atoms with van der Waals surface area (Å²) in [6.45, 7) is 5.17. The number of ether oxygens (including phenoxy) is 2. The van der Waals surface area contributed by atoms with Gasteiger partial charge in [-0.05, 0) is 50.2 Å². The summed E-state index contributed by atoms with van der Waals surface area (Å²) in [4.78, 5) is 29.1. The lowest BCUT2D eigenvalue weighted by molar-refractivity contribution is -0.124. The molecule has 3 rings (SSSR count). The van der Waals surface area contributed by atoms with Gasteiger partial charge in [-0.2, -0.15) is 0 Å². The number of rotatable bonds is 5. The highest BCUT2D eigenvalue weighted by Crippen LogP contribution is 2.25. The first-order valence-corrected chi connectivity index (χ1v) is 9.04. The zero-order chi connectivity index (χ0) is 19.4. The molecule has 1 aliphatic rings. The van der Waals surface area contributed by atoms with Crippen LogP contribution in [-0.2, 0) is 4.79 Å². The van der Waals surface area contributed by atoms with E-state index in [1.807, 2.05) is 31.2 Å². The number of amides is 2. The number of hydrogen-bond acceptors (Lipinski definition) is 4. The van der Waals surface area contributed by atoms with E-state index >= 15 is 0 Å². The van der Waals surface area contributed by atoms with E-state index in [1.54, 1.807) is 48.1 Å². The average Bonchev–Trinajstić information content (AvgIpc) is 2.70. The zero-order valence-corrected chi connectivity index (χ0v) is 15.8. The first kappa shape index (κ1) is 18.8. The Hall–Kier alpha value is -3.02. The van der Waals surface area contributed by atoms with E-state index in [2.05, 4.69) is 0 Å². The molecule has 0 radical (unpaired) electrons. The molecular formula is C21H24N2O4. The lowest BCUT2D eigenvalue weighted by Crippen LogP contribution is -2.57. The molecule has 0 aliphatic carbocycles. The average molecular weight is 368 g/mol. The third kappa shape index (κ3) is 3.89. The van der Waals surface area contributed by atoms with E-state index in [4.69, 9.17) is 9.47 Å². The quantitative estimate of drug-likeness (QED) is 0.814. The van der Waals surface area contributed by atoms with E-state index in [0.717, 1.165) is 11.4 Å². The second kappa shape index (κ2) is 8.12. The molecule has 27 heavy (non-hydrogen) atoms. The molecule has 142 valence electrons. The Bertz CT molecular complexity index is 819. The molecule has 1 aliphatic heterocycles. The van der Waals surface area contributed by atoms with Crippen molar-refractivity contribution in [3.05, 3.63) is 54.1 Å². The molecule has 2 aromatic rings. The number of carbonyl (C=O) groups is 2. The highest BCUT2D eigenvalue weighted by molar-refractivity contribution is 6.03. The molecule has 0 aromatic heterocycles. The Morgan fingerprint density at radius 2 is 1.85 bits per heavy atom. The topological polar surface area (TPSA) is 59.1 Å². The smallest absolute Gasteiger partial charge is 0.254 e. The lowest BCUT2D eigenvalue weighted by atomic mass is 10.1. The third-order valence-corrected chi connectivity index (χ3v) is 4.69. The molecule has 0 spiro atoms. The number of piperazine rings is 1. The van der Waals surface area contributed by atoms with Crippen LogP contribution in [0, 0.1) is 0 Å². The maximum absolute atomic E-state index is 12.9. The van der Waals surface area contributed by atoms with Gasteiger partial charge in [0, 0.05) is 30.4 Å². The minimum atomic E-state index is -0.538. The van der Waals surface area contributed by atoms with Crippen LogP contribution in [-0.4, -0.2) is 49.6 Å². The SMILES string of the molecule is CCOc1cccc(N2CCN(C(=O)c3ccc(OC)cc3)C(C)C2=O)c1. The molecular weight excluding hydrogens is 344 g/mol. The van der Waals surface area contributed by atoms with Crippen LogP contribution in [0.2, 0.25) is 0 Å². The molecule has 2 amide bonds. The molecule has 0 bridgehead atoms. The van der Waals surface area contributed by atoms with E-state index in [9.17, 15) is 9.59 Å². The van der Waals surface area contributed by atoms with Crippen LogP contribution in [0.15, 0.2) is 48.5 Å². The summed E-state index contributed by atoms with van der Waals surface area (Å²) < 4.78 is 10.6. The van der Waals surface area contributed by atoms with Gasteiger partial charge in [0.25, 0.3) is 5.91 Å². The summed E-state index contributed by atoms with van der Waals surface area (Å²) in [7, 11) is 1.58. The largest absolute Gasteiger partial charge is 0.497 e. The number of hydrogen-bond donors (Lipinski definition) is 0. The van der Waals surface area contributed by atoms with Crippen molar-refractivity contribution in [3.8, 4) is 11.5 Å². The summed E-state index contributed by atoms with van der Waals surface area (Å²) in [6.07, 6.45) is 0.